The van der Waals surface area contributed by atoms with E-state index in [0.29, 0.717) is 5.75 Å². The molecular weight excluding hydrogens is 332 g/mol. The number of alkyl halides is 2. The second kappa shape index (κ2) is 8.06. The molecule has 25 heavy (non-hydrogen) atoms. The van der Waals surface area contributed by atoms with Crippen molar-refractivity contribution in [3.8, 4) is 17.6 Å². The molecule has 1 amide bonds. The van der Waals surface area contributed by atoms with Crippen molar-refractivity contribution in [2.75, 3.05) is 5.32 Å². The van der Waals surface area contributed by atoms with E-state index in [1.165, 1.54) is 30.5 Å². The van der Waals surface area contributed by atoms with Crippen LogP contribution in [0.3, 0.4) is 0 Å². The Morgan fingerprint density at radius 3 is 2.56 bits per heavy atom. The Morgan fingerprint density at radius 1 is 1.24 bits per heavy atom. The number of aromatic nitrogens is 1. The molecule has 0 atom stereocenters. The van der Waals surface area contributed by atoms with Gasteiger partial charge in [0.25, 0.3) is 5.91 Å². The first-order chi connectivity index (χ1) is 11.9. The highest BCUT2D eigenvalue weighted by molar-refractivity contribution is 6.03. The molecule has 130 valence electrons. The Bertz CT molecular complexity index is 787. The Balaban J connectivity index is 2.20. The van der Waals surface area contributed by atoms with E-state index in [0.717, 1.165) is 0 Å². The predicted octanol–water partition coefficient (Wildman–Crippen LogP) is 3.59. The van der Waals surface area contributed by atoms with E-state index in [4.69, 9.17) is 10.00 Å². The monoisotopic (exact) mass is 347 g/mol. The molecule has 0 radical (unpaired) electrons. The van der Waals surface area contributed by atoms with Gasteiger partial charge in [0.1, 0.15) is 17.2 Å². The van der Waals surface area contributed by atoms with Crippen molar-refractivity contribution in [3.63, 3.8) is 0 Å². The van der Waals surface area contributed by atoms with Gasteiger partial charge in [-0.15, -0.1) is 0 Å². The lowest BCUT2D eigenvalue weighted by Crippen LogP contribution is -2.15. The van der Waals surface area contributed by atoms with Gasteiger partial charge >= 0.3 is 6.61 Å². The van der Waals surface area contributed by atoms with E-state index in [1.807, 2.05) is 19.9 Å². The maximum absolute atomic E-state index is 12.5. The zero-order valence-electron chi connectivity index (χ0n) is 13.5. The summed E-state index contributed by atoms with van der Waals surface area (Å²) < 4.78 is 34.7. The van der Waals surface area contributed by atoms with E-state index in [9.17, 15) is 13.6 Å². The molecule has 1 aromatic carbocycles. The Kier molecular flexibility index (Phi) is 5.84. The summed E-state index contributed by atoms with van der Waals surface area (Å²) in [4.78, 5) is 16.2. The smallest absolute Gasteiger partial charge is 0.387 e. The maximum atomic E-state index is 12.5. The predicted molar refractivity (Wildman–Crippen MR) is 85.7 cm³/mol. The molecular formula is C17H15F2N3O3. The normalized spacial score (nSPS) is 10.4. The van der Waals surface area contributed by atoms with Crippen molar-refractivity contribution in [1.82, 2.24) is 4.98 Å². The fraction of sp³-hybridized carbons (Fsp3) is 0.235. The number of amides is 1. The van der Waals surface area contributed by atoms with Crippen LogP contribution in [-0.4, -0.2) is 23.6 Å². The molecule has 0 unspecified atom stereocenters. The number of nitrogens with one attached hydrogen (secondary N) is 1. The Hall–Kier alpha value is -3.21. The minimum absolute atomic E-state index is 0.0377. The highest BCUT2D eigenvalue weighted by atomic mass is 19.3. The van der Waals surface area contributed by atoms with Crippen LogP contribution in [0.1, 0.15) is 29.9 Å². The Labute approximate surface area is 143 Å². The minimum Gasteiger partial charge on any atom is -0.489 e. The molecule has 2 aromatic rings. The first-order valence-corrected chi connectivity index (χ1v) is 7.32. The molecule has 0 bridgehead atoms. The fourth-order valence-electron chi connectivity index (χ4n) is 1.94. The van der Waals surface area contributed by atoms with Gasteiger partial charge in [0.15, 0.2) is 0 Å². The highest BCUT2D eigenvalue weighted by Crippen LogP contribution is 2.27. The zero-order chi connectivity index (χ0) is 18.4. The molecule has 1 N–H and O–H groups in total. The molecule has 2 rings (SSSR count). The number of halogens is 2. The Morgan fingerprint density at radius 2 is 2.00 bits per heavy atom. The highest BCUT2D eigenvalue weighted by Gasteiger charge is 2.15. The van der Waals surface area contributed by atoms with Crippen LogP contribution in [-0.2, 0) is 0 Å². The number of hydrogen-bond donors (Lipinski definition) is 1. The third kappa shape index (κ3) is 5.14. The van der Waals surface area contributed by atoms with Gasteiger partial charge in [-0.3, -0.25) is 4.79 Å². The summed E-state index contributed by atoms with van der Waals surface area (Å²) in [6, 6.07) is 8.61. The van der Waals surface area contributed by atoms with Crippen LogP contribution in [0.5, 0.6) is 11.5 Å². The van der Waals surface area contributed by atoms with Crippen LogP contribution >= 0.6 is 0 Å². The number of nitriles is 1. The van der Waals surface area contributed by atoms with Crippen molar-refractivity contribution in [2.45, 2.75) is 26.6 Å². The summed E-state index contributed by atoms with van der Waals surface area (Å²) in [6.45, 7) is 0.648. The van der Waals surface area contributed by atoms with Crippen LogP contribution in [0, 0.1) is 11.3 Å². The van der Waals surface area contributed by atoms with Gasteiger partial charge in [0, 0.05) is 0 Å². The summed E-state index contributed by atoms with van der Waals surface area (Å²) in [5.41, 5.74) is 0.195. The first-order valence-electron chi connectivity index (χ1n) is 7.32. The number of pyridine rings is 1. The molecule has 8 heteroatoms. The summed E-state index contributed by atoms with van der Waals surface area (Å²) >= 11 is 0. The molecule has 0 aliphatic carbocycles. The molecule has 0 aliphatic rings. The van der Waals surface area contributed by atoms with E-state index in [1.54, 1.807) is 6.07 Å². The number of carbonyl (C=O) groups is 1. The van der Waals surface area contributed by atoms with Gasteiger partial charge in [-0.05, 0) is 44.2 Å². The molecule has 0 spiro atoms. The third-order valence-corrected chi connectivity index (χ3v) is 2.91. The van der Waals surface area contributed by atoms with E-state index >= 15 is 0 Å². The van der Waals surface area contributed by atoms with Gasteiger partial charge in [-0.1, -0.05) is 0 Å². The summed E-state index contributed by atoms with van der Waals surface area (Å²) in [5, 5.41) is 11.3. The lowest BCUT2D eigenvalue weighted by atomic mass is 10.2. The largest absolute Gasteiger partial charge is 0.489 e. The molecule has 0 saturated heterocycles. The van der Waals surface area contributed by atoms with Gasteiger partial charge in [-0.2, -0.15) is 14.0 Å². The standard InChI is InChI=1S/C17H15F2N3O3/c1-10(2)24-12-4-5-13(21-9-12)16(23)22-14-7-11(8-20)3-6-15(14)25-17(18)19/h3-7,9-10,17H,1-2H3,(H,22,23). The molecule has 0 aliphatic heterocycles. The molecule has 6 nitrogen and oxygen atoms in total. The summed E-state index contributed by atoms with van der Waals surface area (Å²) in [7, 11) is 0. The van der Waals surface area contributed by atoms with E-state index in [2.05, 4.69) is 15.0 Å². The SMILES string of the molecule is CC(C)Oc1ccc(C(=O)Nc2cc(C#N)ccc2OC(F)F)nc1. The first kappa shape index (κ1) is 18.1. The van der Waals surface area contributed by atoms with Crippen molar-refractivity contribution in [3.05, 3.63) is 47.8 Å². The summed E-state index contributed by atoms with van der Waals surface area (Å²) in [5.74, 6) is -0.382. The van der Waals surface area contributed by atoms with Crippen LogP contribution < -0.4 is 14.8 Å². The molecule has 0 fully saturated rings. The van der Waals surface area contributed by atoms with Gasteiger partial charge < -0.3 is 14.8 Å². The van der Waals surface area contributed by atoms with Crippen LogP contribution in [0.15, 0.2) is 36.5 Å². The summed E-state index contributed by atoms with van der Waals surface area (Å²) in [6.07, 6.45) is 1.35. The minimum atomic E-state index is -3.06. The molecule has 0 saturated carbocycles. The van der Waals surface area contributed by atoms with Crippen molar-refractivity contribution >= 4 is 11.6 Å². The molecule has 1 aromatic heterocycles. The number of carbonyl (C=O) groups excluding carboxylic acids is 1. The van der Waals surface area contributed by atoms with Gasteiger partial charge in [0.2, 0.25) is 0 Å². The number of ether oxygens (including phenoxy) is 2. The quantitative estimate of drug-likeness (QED) is 0.863. The number of nitrogens with zero attached hydrogens (tertiary/aromatic N) is 2. The number of benzene rings is 1. The van der Waals surface area contributed by atoms with Gasteiger partial charge in [-0.25, -0.2) is 4.98 Å². The number of hydrogen-bond acceptors (Lipinski definition) is 5. The van der Waals surface area contributed by atoms with Crippen LogP contribution in [0.4, 0.5) is 14.5 Å². The lowest BCUT2D eigenvalue weighted by molar-refractivity contribution is -0.0493. The fourth-order valence-corrected chi connectivity index (χ4v) is 1.94. The second-order valence-electron chi connectivity index (χ2n) is 5.20. The van der Waals surface area contributed by atoms with Crippen molar-refractivity contribution in [2.24, 2.45) is 0 Å². The van der Waals surface area contributed by atoms with E-state index in [-0.39, 0.29) is 28.8 Å². The third-order valence-electron chi connectivity index (χ3n) is 2.91. The average Bonchev–Trinajstić information content (AvgIpc) is 2.56. The number of rotatable bonds is 6. The number of anilines is 1. The van der Waals surface area contributed by atoms with Crippen molar-refractivity contribution in [1.29, 1.82) is 5.26 Å². The van der Waals surface area contributed by atoms with Crippen molar-refractivity contribution < 1.29 is 23.0 Å². The lowest BCUT2D eigenvalue weighted by Gasteiger charge is -2.12. The second-order valence-corrected chi connectivity index (χ2v) is 5.20. The maximum Gasteiger partial charge on any atom is 0.387 e. The molecule has 1 heterocycles. The van der Waals surface area contributed by atoms with Crippen LogP contribution in [0.2, 0.25) is 0 Å². The topological polar surface area (TPSA) is 84.2 Å². The van der Waals surface area contributed by atoms with E-state index < -0.39 is 12.5 Å². The average molecular weight is 347 g/mol. The van der Waals surface area contributed by atoms with Crippen LogP contribution in [0.25, 0.3) is 0 Å². The zero-order valence-corrected chi connectivity index (χ0v) is 13.5. The van der Waals surface area contributed by atoms with Gasteiger partial charge in [0.05, 0.1) is 29.6 Å².